The average molecular weight is 489 g/mol. The molecule has 8 heteroatoms. The molecule has 0 bridgehead atoms. The number of hydrogen-bond donors (Lipinski definition) is 1. The Morgan fingerprint density at radius 1 is 1.24 bits per heavy atom. The highest BCUT2D eigenvalue weighted by molar-refractivity contribution is 14.0. The summed E-state index contributed by atoms with van der Waals surface area (Å²) in [6.45, 7) is 6.55. The number of thioether (sulfide) groups is 1. The molecule has 2 N–H and O–H groups in total. The second-order valence-electron chi connectivity index (χ2n) is 5.69. The van der Waals surface area contributed by atoms with Crippen molar-refractivity contribution in [1.82, 2.24) is 9.88 Å². The summed E-state index contributed by atoms with van der Waals surface area (Å²) < 4.78 is 0. The summed E-state index contributed by atoms with van der Waals surface area (Å²) >= 11 is 3.51. The molecule has 3 rings (SSSR count). The van der Waals surface area contributed by atoms with Gasteiger partial charge in [0.25, 0.3) is 0 Å². The largest absolute Gasteiger partial charge is 0.370 e. The smallest absolute Gasteiger partial charge is 0.191 e. The number of guanidine groups is 1. The van der Waals surface area contributed by atoms with Gasteiger partial charge in [0.1, 0.15) is 0 Å². The van der Waals surface area contributed by atoms with E-state index < -0.39 is 0 Å². The van der Waals surface area contributed by atoms with E-state index in [9.17, 15) is 0 Å². The van der Waals surface area contributed by atoms with Gasteiger partial charge < -0.3 is 15.5 Å². The Hall–Kier alpha value is -1.00. The van der Waals surface area contributed by atoms with Gasteiger partial charge in [-0.05, 0) is 19.1 Å². The van der Waals surface area contributed by atoms with Gasteiger partial charge in [-0.3, -0.25) is 4.99 Å². The maximum Gasteiger partial charge on any atom is 0.191 e. The van der Waals surface area contributed by atoms with Crippen molar-refractivity contribution in [2.45, 2.75) is 11.8 Å². The fourth-order valence-corrected chi connectivity index (χ4v) is 4.00. The van der Waals surface area contributed by atoms with Gasteiger partial charge in [0.15, 0.2) is 11.1 Å². The first-order valence-electron chi connectivity index (χ1n) is 8.11. The van der Waals surface area contributed by atoms with Gasteiger partial charge in [0, 0.05) is 48.4 Å². The zero-order chi connectivity index (χ0) is 16.8. The van der Waals surface area contributed by atoms with Crippen LogP contribution in [0.2, 0.25) is 0 Å². The Balaban J connectivity index is 0.00000225. The summed E-state index contributed by atoms with van der Waals surface area (Å²) in [6, 6.07) is 8.60. The lowest BCUT2D eigenvalue weighted by Crippen LogP contribution is -2.51. The number of thiazole rings is 1. The lowest BCUT2D eigenvalue weighted by molar-refractivity contribution is 0.381. The van der Waals surface area contributed by atoms with Gasteiger partial charge >= 0.3 is 0 Å². The van der Waals surface area contributed by atoms with Crippen molar-refractivity contribution in [2.75, 3.05) is 43.4 Å². The Morgan fingerprint density at radius 3 is 2.60 bits per heavy atom. The number of nitrogens with two attached hydrogens (primary N) is 1. The third kappa shape index (κ3) is 6.03. The Labute approximate surface area is 174 Å². The molecule has 0 amide bonds. The van der Waals surface area contributed by atoms with Gasteiger partial charge in [-0.1, -0.05) is 17.7 Å². The quantitative estimate of drug-likeness (QED) is 0.230. The molecule has 1 aromatic carbocycles. The van der Waals surface area contributed by atoms with Crippen molar-refractivity contribution in [2.24, 2.45) is 10.7 Å². The van der Waals surface area contributed by atoms with E-state index in [0.29, 0.717) is 5.96 Å². The van der Waals surface area contributed by atoms with E-state index in [1.54, 1.807) is 11.3 Å². The highest BCUT2D eigenvalue weighted by Crippen LogP contribution is 2.19. The second-order valence-corrected chi connectivity index (χ2v) is 7.73. The van der Waals surface area contributed by atoms with Gasteiger partial charge in [0.05, 0.1) is 6.54 Å². The first-order valence-corrected chi connectivity index (χ1v) is 9.98. The third-order valence-electron chi connectivity index (χ3n) is 3.95. The predicted octanol–water partition coefficient (Wildman–Crippen LogP) is 3.30. The lowest BCUT2D eigenvalue weighted by atomic mass is 10.2. The highest BCUT2D eigenvalue weighted by atomic mass is 127. The van der Waals surface area contributed by atoms with Gasteiger partial charge in [0.2, 0.25) is 0 Å². The SMILES string of the molecule is Cc1ccc(SCCN=C(N)N2CCN(c3nccs3)CC2)cc1.I. The summed E-state index contributed by atoms with van der Waals surface area (Å²) in [7, 11) is 0. The van der Waals surface area contributed by atoms with Crippen molar-refractivity contribution in [3.8, 4) is 0 Å². The molecule has 0 radical (unpaired) electrons. The number of aromatic nitrogens is 1. The minimum absolute atomic E-state index is 0. The van der Waals surface area contributed by atoms with Crippen LogP contribution >= 0.6 is 47.1 Å². The van der Waals surface area contributed by atoms with Gasteiger partial charge in [-0.2, -0.15) is 0 Å². The molecule has 1 aliphatic rings. The number of benzene rings is 1. The summed E-state index contributed by atoms with van der Waals surface area (Å²) in [5.74, 6) is 1.61. The number of anilines is 1. The fraction of sp³-hybridized carbons (Fsp3) is 0.412. The molecule has 2 aromatic rings. The van der Waals surface area contributed by atoms with Crippen LogP contribution in [0.25, 0.3) is 0 Å². The Kier molecular flexibility index (Phi) is 8.31. The number of rotatable bonds is 5. The molecule has 1 fully saturated rings. The molecule has 0 spiro atoms. The Bertz CT molecular complexity index is 652. The summed E-state index contributed by atoms with van der Waals surface area (Å²) in [4.78, 5) is 14.7. The van der Waals surface area contributed by atoms with Crippen LogP contribution in [-0.2, 0) is 0 Å². The molecule has 5 nitrogen and oxygen atoms in total. The normalized spacial score (nSPS) is 15.2. The molecular weight excluding hydrogens is 465 g/mol. The molecule has 1 aliphatic heterocycles. The van der Waals surface area contributed by atoms with Crippen LogP contribution in [-0.4, -0.2) is 54.3 Å². The zero-order valence-corrected chi connectivity index (χ0v) is 18.3. The zero-order valence-electron chi connectivity index (χ0n) is 14.3. The minimum atomic E-state index is 0. The van der Waals surface area contributed by atoms with E-state index in [2.05, 4.69) is 51.0 Å². The van der Waals surface area contributed by atoms with Crippen LogP contribution in [0.5, 0.6) is 0 Å². The van der Waals surface area contributed by atoms with Crippen molar-refractivity contribution in [3.05, 3.63) is 41.4 Å². The van der Waals surface area contributed by atoms with Crippen LogP contribution in [0.4, 0.5) is 5.13 Å². The van der Waals surface area contributed by atoms with Crippen LogP contribution in [0.3, 0.4) is 0 Å². The van der Waals surface area contributed by atoms with Crippen molar-refractivity contribution in [1.29, 1.82) is 0 Å². The van der Waals surface area contributed by atoms with Gasteiger partial charge in [-0.15, -0.1) is 47.1 Å². The molecule has 136 valence electrons. The number of halogens is 1. The van der Waals surface area contributed by atoms with Gasteiger partial charge in [-0.25, -0.2) is 4.98 Å². The van der Waals surface area contributed by atoms with E-state index in [-0.39, 0.29) is 24.0 Å². The molecule has 2 heterocycles. The van der Waals surface area contributed by atoms with Crippen LogP contribution in [0.1, 0.15) is 5.56 Å². The van der Waals surface area contributed by atoms with Crippen LogP contribution in [0, 0.1) is 6.92 Å². The molecule has 1 saturated heterocycles. The number of nitrogens with zero attached hydrogens (tertiary/aromatic N) is 4. The van der Waals surface area contributed by atoms with E-state index >= 15 is 0 Å². The maximum absolute atomic E-state index is 6.15. The molecule has 1 aromatic heterocycles. The second kappa shape index (κ2) is 10.2. The summed E-state index contributed by atoms with van der Waals surface area (Å²) in [6.07, 6.45) is 1.86. The molecular formula is C17H24IN5S2. The van der Waals surface area contributed by atoms with E-state index in [0.717, 1.165) is 43.6 Å². The minimum Gasteiger partial charge on any atom is -0.370 e. The topological polar surface area (TPSA) is 57.8 Å². The monoisotopic (exact) mass is 489 g/mol. The van der Waals surface area contributed by atoms with Crippen LogP contribution in [0.15, 0.2) is 45.7 Å². The molecule has 0 saturated carbocycles. The first-order chi connectivity index (χ1) is 11.7. The maximum atomic E-state index is 6.15. The third-order valence-corrected chi connectivity index (χ3v) is 5.77. The summed E-state index contributed by atoms with van der Waals surface area (Å²) in [5.41, 5.74) is 7.44. The molecule has 0 unspecified atom stereocenters. The van der Waals surface area contributed by atoms with E-state index in [1.807, 2.05) is 23.3 Å². The molecule has 0 aliphatic carbocycles. The highest BCUT2D eigenvalue weighted by Gasteiger charge is 2.19. The Morgan fingerprint density at radius 2 is 1.96 bits per heavy atom. The number of aryl methyl sites for hydroxylation is 1. The average Bonchev–Trinajstić information content (AvgIpc) is 3.15. The van der Waals surface area contributed by atoms with E-state index in [1.165, 1.54) is 10.5 Å². The number of piperazine rings is 1. The van der Waals surface area contributed by atoms with Crippen LogP contribution < -0.4 is 10.6 Å². The van der Waals surface area contributed by atoms with Crippen molar-refractivity contribution in [3.63, 3.8) is 0 Å². The lowest BCUT2D eigenvalue weighted by Gasteiger charge is -2.35. The standard InChI is InChI=1S/C17H23N5S2.HI/c1-14-2-4-15(5-3-14)23-12-6-19-16(18)21-8-10-22(11-9-21)17-20-7-13-24-17;/h2-5,7,13H,6,8-12H2,1H3,(H2,18,19);1H. The summed E-state index contributed by atoms with van der Waals surface area (Å²) in [5, 5.41) is 3.11. The fourth-order valence-electron chi connectivity index (χ4n) is 2.56. The van der Waals surface area contributed by atoms with Crippen molar-refractivity contribution < 1.29 is 0 Å². The first kappa shape index (κ1) is 20.3. The number of aliphatic imine (C=N–C) groups is 1. The van der Waals surface area contributed by atoms with E-state index in [4.69, 9.17) is 5.73 Å². The molecule has 25 heavy (non-hydrogen) atoms. The predicted molar refractivity (Wildman–Crippen MR) is 120 cm³/mol. The number of hydrogen-bond acceptors (Lipinski definition) is 5. The molecule has 0 atom stereocenters. The van der Waals surface area contributed by atoms with Crippen molar-refractivity contribution >= 4 is 58.2 Å².